The van der Waals surface area contributed by atoms with Gasteiger partial charge >= 0.3 is 0 Å². The van der Waals surface area contributed by atoms with E-state index in [1.807, 2.05) is 24.3 Å². The van der Waals surface area contributed by atoms with E-state index in [4.69, 9.17) is 0 Å². The molecule has 7 heteroatoms. The van der Waals surface area contributed by atoms with Crippen molar-refractivity contribution in [3.05, 3.63) is 59.7 Å². The highest BCUT2D eigenvalue weighted by molar-refractivity contribution is 5.59. The lowest BCUT2D eigenvalue weighted by molar-refractivity contribution is -0.655. The van der Waals surface area contributed by atoms with Crippen molar-refractivity contribution >= 4 is 29.2 Å². The van der Waals surface area contributed by atoms with E-state index in [0.717, 1.165) is 37.6 Å². The number of piperazine rings is 1. The third kappa shape index (κ3) is 4.55. The number of quaternary nitrogens is 1. The first kappa shape index (κ1) is 18.2. The van der Waals surface area contributed by atoms with Gasteiger partial charge in [0.15, 0.2) is 0 Å². The summed E-state index contributed by atoms with van der Waals surface area (Å²) in [4.78, 5) is 16.1. The number of nitrogens with one attached hydrogen (secondary N) is 2. The number of anilines is 5. The minimum atomic E-state index is 0.540. The standard InChI is InChI=1S/C21H25N7/c1-15-3-7-17(8-4-15)23-19-25-20(24-18-9-5-16(2)6-10-18)27-21(26-19)28-13-11-22-12-14-28/h3-10,22H,11-14H2,1-2H3,(H2,23,24,25,26,27)/p+1. The van der Waals surface area contributed by atoms with E-state index < -0.39 is 0 Å². The lowest BCUT2D eigenvalue weighted by Crippen LogP contribution is -2.89. The van der Waals surface area contributed by atoms with Crippen LogP contribution in [-0.4, -0.2) is 41.1 Å². The van der Waals surface area contributed by atoms with Gasteiger partial charge in [-0.1, -0.05) is 35.4 Å². The third-order valence-corrected chi connectivity index (χ3v) is 4.73. The minimum absolute atomic E-state index is 0.540. The first-order valence-electron chi connectivity index (χ1n) is 9.66. The lowest BCUT2D eigenvalue weighted by atomic mass is 10.2. The summed E-state index contributed by atoms with van der Waals surface area (Å²) in [7, 11) is 0. The molecule has 0 bridgehead atoms. The summed E-state index contributed by atoms with van der Waals surface area (Å²) in [5.41, 5.74) is 4.34. The summed E-state index contributed by atoms with van der Waals surface area (Å²) in [5, 5.41) is 8.93. The fourth-order valence-electron chi connectivity index (χ4n) is 3.10. The Labute approximate surface area is 165 Å². The SMILES string of the molecule is Cc1ccc(Nc2nc(Nc3ccc(C)cc3)nc(N3CC[NH2+]CC3)n2)cc1. The van der Waals surface area contributed by atoms with Crippen LogP contribution in [0.4, 0.5) is 29.2 Å². The molecular formula is C21H26N7+. The highest BCUT2D eigenvalue weighted by atomic mass is 15.3. The fourth-order valence-corrected chi connectivity index (χ4v) is 3.10. The van der Waals surface area contributed by atoms with Gasteiger partial charge in [0.2, 0.25) is 17.8 Å². The van der Waals surface area contributed by atoms with Gasteiger partial charge in [-0.15, -0.1) is 0 Å². The molecule has 7 nitrogen and oxygen atoms in total. The molecule has 0 aliphatic carbocycles. The quantitative estimate of drug-likeness (QED) is 0.634. The molecule has 1 aliphatic rings. The first-order chi connectivity index (χ1) is 13.7. The molecule has 0 spiro atoms. The van der Waals surface area contributed by atoms with Crippen LogP contribution in [0.1, 0.15) is 11.1 Å². The Kier molecular flexibility index (Phi) is 5.34. The normalized spacial score (nSPS) is 14.0. The third-order valence-electron chi connectivity index (χ3n) is 4.73. The molecule has 0 amide bonds. The van der Waals surface area contributed by atoms with Gasteiger partial charge in [0, 0.05) is 11.4 Å². The predicted octanol–water partition coefficient (Wildman–Crippen LogP) is 2.36. The molecule has 28 heavy (non-hydrogen) atoms. The molecule has 2 heterocycles. The molecule has 0 saturated carbocycles. The summed E-state index contributed by atoms with van der Waals surface area (Å²) in [6, 6.07) is 16.4. The van der Waals surface area contributed by atoms with Crippen molar-refractivity contribution in [1.82, 2.24) is 15.0 Å². The van der Waals surface area contributed by atoms with E-state index in [1.54, 1.807) is 0 Å². The summed E-state index contributed by atoms with van der Waals surface area (Å²) in [6.45, 7) is 8.10. The van der Waals surface area contributed by atoms with Crippen LogP contribution in [0, 0.1) is 13.8 Å². The van der Waals surface area contributed by atoms with Crippen LogP contribution in [0.25, 0.3) is 0 Å². The Hall–Kier alpha value is -3.19. The number of hydrogen-bond donors (Lipinski definition) is 3. The van der Waals surface area contributed by atoms with E-state index in [0.29, 0.717) is 17.8 Å². The lowest BCUT2D eigenvalue weighted by Gasteiger charge is -2.25. The van der Waals surface area contributed by atoms with Crippen molar-refractivity contribution in [3.8, 4) is 0 Å². The number of benzene rings is 2. The van der Waals surface area contributed by atoms with Crippen molar-refractivity contribution in [3.63, 3.8) is 0 Å². The molecule has 0 unspecified atom stereocenters. The van der Waals surface area contributed by atoms with E-state index in [9.17, 15) is 0 Å². The molecule has 2 aromatic carbocycles. The summed E-state index contributed by atoms with van der Waals surface area (Å²) in [6.07, 6.45) is 0. The Morgan fingerprint density at radius 1 is 0.714 bits per heavy atom. The van der Waals surface area contributed by atoms with Crippen LogP contribution in [0.15, 0.2) is 48.5 Å². The average Bonchev–Trinajstić information content (AvgIpc) is 2.72. The van der Waals surface area contributed by atoms with Gasteiger partial charge in [0.05, 0.1) is 26.2 Å². The molecule has 4 N–H and O–H groups in total. The molecule has 1 saturated heterocycles. The maximum atomic E-state index is 4.67. The molecule has 1 fully saturated rings. The second-order valence-corrected chi connectivity index (χ2v) is 7.12. The Bertz CT molecular complexity index is 851. The average molecular weight is 376 g/mol. The van der Waals surface area contributed by atoms with Gasteiger partial charge in [0.1, 0.15) is 0 Å². The molecule has 0 atom stereocenters. The van der Waals surface area contributed by atoms with Crippen LogP contribution in [0.3, 0.4) is 0 Å². The smallest absolute Gasteiger partial charge is 0.233 e. The van der Waals surface area contributed by atoms with Gasteiger partial charge in [-0.2, -0.15) is 15.0 Å². The molecule has 4 rings (SSSR count). The predicted molar refractivity (Wildman–Crippen MR) is 113 cm³/mol. The Morgan fingerprint density at radius 2 is 1.18 bits per heavy atom. The van der Waals surface area contributed by atoms with Crippen molar-refractivity contribution in [2.45, 2.75) is 13.8 Å². The Balaban J connectivity index is 1.63. The molecule has 1 aromatic heterocycles. The van der Waals surface area contributed by atoms with Gasteiger partial charge in [0.25, 0.3) is 0 Å². The van der Waals surface area contributed by atoms with Gasteiger partial charge < -0.3 is 20.9 Å². The Morgan fingerprint density at radius 3 is 1.64 bits per heavy atom. The van der Waals surface area contributed by atoms with Crippen molar-refractivity contribution in [2.24, 2.45) is 0 Å². The van der Waals surface area contributed by atoms with Gasteiger partial charge in [-0.05, 0) is 38.1 Å². The van der Waals surface area contributed by atoms with Gasteiger partial charge in [-0.3, -0.25) is 0 Å². The fraction of sp³-hybridized carbons (Fsp3) is 0.286. The zero-order chi connectivity index (χ0) is 19.3. The van der Waals surface area contributed by atoms with E-state index >= 15 is 0 Å². The number of aromatic nitrogens is 3. The van der Waals surface area contributed by atoms with Crippen molar-refractivity contribution < 1.29 is 5.32 Å². The molecule has 3 aromatic rings. The highest BCUT2D eigenvalue weighted by Gasteiger charge is 2.18. The molecule has 1 aliphatic heterocycles. The first-order valence-corrected chi connectivity index (χ1v) is 9.66. The maximum absolute atomic E-state index is 4.67. The van der Waals surface area contributed by atoms with Crippen molar-refractivity contribution in [2.75, 3.05) is 41.7 Å². The molecular weight excluding hydrogens is 350 g/mol. The molecule has 0 radical (unpaired) electrons. The van der Waals surface area contributed by atoms with Crippen LogP contribution < -0.4 is 20.9 Å². The zero-order valence-corrected chi connectivity index (χ0v) is 16.3. The topological polar surface area (TPSA) is 82.6 Å². The van der Waals surface area contributed by atoms with Crippen LogP contribution in [0.2, 0.25) is 0 Å². The van der Waals surface area contributed by atoms with Crippen molar-refractivity contribution in [1.29, 1.82) is 0 Å². The summed E-state index contributed by atoms with van der Waals surface area (Å²) in [5.74, 6) is 1.78. The van der Waals surface area contributed by atoms with E-state index in [1.165, 1.54) is 11.1 Å². The van der Waals surface area contributed by atoms with E-state index in [2.05, 4.69) is 73.9 Å². The number of nitrogens with two attached hydrogens (primary N) is 1. The maximum Gasteiger partial charge on any atom is 0.233 e. The second kappa shape index (κ2) is 8.22. The summed E-state index contributed by atoms with van der Waals surface area (Å²) >= 11 is 0. The number of nitrogens with zero attached hydrogens (tertiary/aromatic N) is 4. The largest absolute Gasteiger partial charge is 0.343 e. The number of rotatable bonds is 5. The van der Waals surface area contributed by atoms with Crippen LogP contribution in [-0.2, 0) is 0 Å². The van der Waals surface area contributed by atoms with Gasteiger partial charge in [-0.25, -0.2) is 0 Å². The van der Waals surface area contributed by atoms with Crippen LogP contribution in [0.5, 0.6) is 0 Å². The number of hydrogen-bond acceptors (Lipinski definition) is 6. The second-order valence-electron chi connectivity index (χ2n) is 7.12. The minimum Gasteiger partial charge on any atom is -0.343 e. The number of aryl methyl sites for hydroxylation is 2. The van der Waals surface area contributed by atoms with E-state index in [-0.39, 0.29) is 0 Å². The summed E-state index contributed by atoms with van der Waals surface area (Å²) < 4.78 is 0. The monoisotopic (exact) mass is 376 g/mol. The highest BCUT2D eigenvalue weighted by Crippen LogP contribution is 2.21. The molecule has 144 valence electrons. The van der Waals surface area contributed by atoms with Crippen LogP contribution >= 0.6 is 0 Å². The zero-order valence-electron chi connectivity index (χ0n) is 16.3.